The molecule has 1 aromatic carbocycles. The van der Waals surface area contributed by atoms with Crippen LogP contribution in [0, 0.1) is 5.92 Å². The zero-order valence-corrected chi connectivity index (χ0v) is 13.3. The Morgan fingerprint density at radius 1 is 1.22 bits per heavy atom. The van der Waals surface area contributed by atoms with Gasteiger partial charge in [-0.05, 0) is 37.1 Å². The summed E-state index contributed by atoms with van der Waals surface area (Å²) in [5.41, 5.74) is 6.09. The van der Waals surface area contributed by atoms with Crippen LogP contribution in [0.25, 0.3) is 11.3 Å². The third-order valence-corrected chi connectivity index (χ3v) is 4.40. The molecular formula is C17H17ClN2O3. The lowest BCUT2D eigenvalue weighted by atomic mass is 9.97. The van der Waals surface area contributed by atoms with Crippen LogP contribution in [0.5, 0.6) is 0 Å². The number of furan rings is 1. The fraction of sp³-hybridized carbons (Fsp3) is 0.294. The molecule has 0 bridgehead atoms. The number of rotatable bonds is 3. The number of piperidine rings is 1. The molecule has 0 spiro atoms. The average Bonchev–Trinajstić information content (AvgIpc) is 3.04. The van der Waals surface area contributed by atoms with Crippen molar-refractivity contribution >= 4 is 23.4 Å². The van der Waals surface area contributed by atoms with E-state index in [0.29, 0.717) is 23.9 Å². The van der Waals surface area contributed by atoms with Crippen LogP contribution in [0.2, 0.25) is 5.02 Å². The molecule has 1 atom stereocenters. The molecule has 1 aliphatic heterocycles. The Labute approximate surface area is 139 Å². The number of primary amides is 1. The Hall–Kier alpha value is -2.27. The van der Waals surface area contributed by atoms with Crippen molar-refractivity contribution in [1.82, 2.24) is 4.90 Å². The molecule has 0 aliphatic carbocycles. The average molecular weight is 333 g/mol. The van der Waals surface area contributed by atoms with Crippen molar-refractivity contribution in [3.63, 3.8) is 0 Å². The van der Waals surface area contributed by atoms with Crippen molar-refractivity contribution < 1.29 is 14.0 Å². The van der Waals surface area contributed by atoms with Crippen LogP contribution in [0.3, 0.4) is 0 Å². The SMILES string of the molecule is NC(=O)C1CCCN(C(=O)c2ccc(-c3ccccc3Cl)o2)C1. The maximum absolute atomic E-state index is 12.5. The highest BCUT2D eigenvalue weighted by atomic mass is 35.5. The van der Waals surface area contributed by atoms with Gasteiger partial charge in [-0.3, -0.25) is 9.59 Å². The number of hydrogen-bond donors (Lipinski definition) is 1. The van der Waals surface area contributed by atoms with E-state index in [-0.39, 0.29) is 23.5 Å². The molecule has 1 aromatic heterocycles. The zero-order chi connectivity index (χ0) is 16.4. The quantitative estimate of drug-likeness (QED) is 0.938. The minimum absolute atomic E-state index is 0.228. The van der Waals surface area contributed by atoms with E-state index in [1.54, 1.807) is 23.1 Å². The Kier molecular flexibility index (Phi) is 4.39. The first-order chi connectivity index (χ1) is 11.1. The first-order valence-electron chi connectivity index (χ1n) is 7.49. The van der Waals surface area contributed by atoms with Crippen molar-refractivity contribution in [2.45, 2.75) is 12.8 Å². The molecule has 120 valence electrons. The number of halogens is 1. The minimum atomic E-state index is -0.362. The second-order valence-corrected chi connectivity index (χ2v) is 6.04. The summed E-state index contributed by atoms with van der Waals surface area (Å²) in [6, 6.07) is 10.6. The Bertz CT molecular complexity index is 741. The molecule has 2 heterocycles. The van der Waals surface area contributed by atoms with E-state index >= 15 is 0 Å². The second kappa shape index (κ2) is 6.46. The molecule has 6 heteroatoms. The summed E-state index contributed by atoms with van der Waals surface area (Å²) in [5, 5.41) is 0.563. The predicted molar refractivity (Wildman–Crippen MR) is 87.0 cm³/mol. The van der Waals surface area contributed by atoms with E-state index < -0.39 is 0 Å². The maximum Gasteiger partial charge on any atom is 0.289 e. The zero-order valence-electron chi connectivity index (χ0n) is 12.5. The van der Waals surface area contributed by atoms with E-state index in [4.69, 9.17) is 21.8 Å². The third kappa shape index (κ3) is 3.24. The van der Waals surface area contributed by atoms with Crippen LogP contribution in [0.4, 0.5) is 0 Å². The van der Waals surface area contributed by atoms with Crippen LogP contribution in [-0.4, -0.2) is 29.8 Å². The van der Waals surface area contributed by atoms with Crippen molar-refractivity contribution in [3.05, 3.63) is 47.2 Å². The summed E-state index contributed by atoms with van der Waals surface area (Å²) in [6.07, 6.45) is 1.49. The maximum atomic E-state index is 12.5. The normalized spacial score (nSPS) is 18.0. The third-order valence-electron chi connectivity index (χ3n) is 4.07. The summed E-state index contributed by atoms with van der Waals surface area (Å²) in [7, 11) is 0. The van der Waals surface area contributed by atoms with Crippen LogP contribution in [-0.2, 0) is 4.79 Å². The lowest BCUT2D eigenvalue weighted by Crippen LogP contribution is -2.44. The topological polar surface area (TPSA) is 76.5 Å². The predicted octanol–water partition coefficient (Wildman–Crippen LogP) is 2.94. The van der Waals surface area contributed by atoms with Gasteiger partial charge in [0.15, 0.2) is 5.76 Å². The van der Waals surface area contributed by atoms with Gasteiger partial charge in [0, 0.05) is 18.7 Å². The fourth-order valence-corrected chi connectivity index (χ4v) is 3.04. The van der Waals surface area contributed by atoms with Gasteiger partial charge in [-0.15, -0.1) is 0 Å². The Morgan fingerprint density at radius 3 is 2.74 bits per heavy atom. The summed E-state index contributed by atoms with van der Waals surface area (Å²) >= 11 is 6.14. The van der Waals surface area contributed by atoms with Gasteiger partial charge in [0.05, 0.1) is 10.9 Å². The van der Waals surface area contributed by atoms with Gasteiger partial charge in [-0.25, -0.2) is 0 Å². The molecule has 1 saturated heterocycles. The largest absolute Gasteiger partial charge is 0.451 e. The highest BCUT2D eigenvalue weighted by Crippen LogP contribution is 2.29. The number of hydrogen-bond acceptors (Lipinski definition) is 3. The van der Waals surface area contributed by atoms with Gasteiger partial charge in [-0.1, -0.05) is 23.7 Å². The molecule has 1 aliphatic rings. The molecule has 3 rings (SSSR count). The van der Waals surface area contributed by atoms with Crippen LogP contribution < -0.4 is 5.73 Å². The molecule has 23 heavy (non-hydrogen) atoms. The molecular weight excluding hydrogens is 316 g/mol. The number of likely N-dealkylation sites (tertiary alicyclic amines) is 1. The number of carbonyl (C=O) groups is 2. The monoisotopic (exact) mass is 332 g/mol. The number of benzene rings is 1. The highest BCUT2D eigenvalue weighted by molar-refractivity contribution is 6.33. The fourth-order valence-electron chi connectivity index (χ4n) is 2.81. The van der Waals surface area contributed by atoms with Crippen molar-refractivity contribution in [3.8, 4) is 11.3 Å². The molecule has 5 nitrogen and oxygen atoms in total. The standard InChI is InChI=1S/C17H17ClN2O3/c18-13-6-2-1-5-12(13)14-7-8-15(23-14)17(22)20-9-3-4-11(10-20)16(19)21/h1-2,5-8,11H,3-4,9-10H2,(H2,19,21). The van der Waals surface area contributed by atoms with Gasteiger partial charge in [0.1, 0.15) is 5.76 Å². The summed E-state index contributed by atoms with van der Waals surface area (Å²) in [6.45, 7) is 0.945. The molecule has 1 fully saturated rings. The van der Waals surface area contributed by atoms with Gasteiger partial charge >= 0.3 is 0 Å². The Morgan fingerprint density at radius 2 is 2.00 bits per heavy atom. The number of amides is 2. The minimum Gasteiger partial charge on any atom is -0.451 e. The number of nitrogens with two attached hydrogens (primary N) is 1. The van der Waals surface area contributed by atoms with Crippen molar-refractivity contribution in [2.75, 3.05) is 13.1 Å². The first-order valence-corrected chi connectivity index (χ1v) is 7.87. The van der Waals surface area contributed by atoms with Crippen LogP contribution in [0.15, 0.2) is 40.8 Å². The molecule has 2 N–H and O–H groups in total. The molecule has 1 unspecified atom stereocenters. The van der Waals surface area contributed by atoms with Gasteiger partial charge < -0.3 is 15.1 Å². The highest BCUT2D eigenvalue weighted by Gasteiger charge is 2.29. The van der Waals surface area contributed by atoms with E-state index in [1.165, 1.54) is 0 Å². The molecule has 2 amide bonds. The van der Waals surface area contributed by atoms with Crippen molar-refractivity contribution in [1.29, 1.82) is 0 Å². The second-order valence-electron chi connectivity index (χ2n) is 5.64. The van der Waals surface area contributed by atoms with Crippen molar-refractivity contribution in [2.24, 2.45) is 11.7 Å². The van der Waals surface area contributed by atoms with E-state index in [9.17, 15) is 9.59 Å². The van der Waals surface area contributed by atoms with Gasteiger partial charge in [0.2, 0.25) is 5.91 Å². The Balaban J connectivity index is 1.79. The smallest absolute Gasteiger partial charge is 0.289 e. The first kappa shape index (κ1) is 15.6. The van der Waals surface area contributed by atoms with Crippen LogP contribution >= 0.6 is 11.6 Å². The summed E-state index contributed by atoms with van der Waals surface area (Å²) in [4.78, 5) is 25.5. The number of carbonyl (C=O) groups excluding carboxylic acids is 2. The van der Waals surface area contributed by atoms with E-state index in [0.717, 1.165) is 18.4 Å². The molecule has 2 aromatic rings. The number of nitrogens with zero attached hydrogens (tertiary/aromatic N) is 1. The van der Waals surface area contributed by atoms with Gasteiger partial charge in [0.25, 0.3) is 5.91 Å². The molecule has 0 saturated carbocycles. The molecule has 0 radical (unpaired) electrons. The van der Waals surface area contributed by atoms with E-state index in [2.05, 4.69) is 0 Å². The lowest BCUT2D eigenvalue weighted by Gasteiger charge is -2.30. The van der Waals surface area contributed by atoms with E-state index in [1.807, 2.05) is 18.2 Å². The van der Waals surface area contributed by atoms with Gasteiger partial charge in [-0.2, -0.15) is 0 Å². The lowest BCUT2D eigenvalue weighted by molar-refractivity contribution is -0.123. The summed E-state index contributed by atoms with van der Waals surface area (Å²) in [5.74, 6) is -0.0916. The van der Waals surface area contributed by atoms with Crippen LogP contribution in [0.1, 0.15) is 23.4 Å². The summed E-state index contributed by atoms with van der Waals surface area (Å²) < 4.78 is 5.67.